The lowest BCUT2D eigenvalue weighted by atomic mass is 9.69. The first-order valence-electron chi connectivity index (χ1n) is 26.1. The van der Waals surface area contributed by atoms with Crippen LogP contribution in [0.4, 0.5) is 0 Å². The lowest BCUT2D eigenvalue weighted by Crippen LogP contribution is -2.56. The summed E-state index contributed by atoms with van der Waals surface area (Å²) in [6, 6.07) is 80.9. The summed E-state index contributed by atoms with van der Waals surface area (Å²) in [5.41, 5.74) is 29.6. The zero-order chi connectivity index (χ0) is 47.9. The van der Waals surface area contributed by atoms with Gasteiger partial charge in [0.25, 0.3) is 0 Å². The van der Waals surface area contributed by atoms with Crippen molar-refractivity contribution in [3.05, 3.63) is 294 Å². The third-order valence-electron chi connectivity index (χ3n) is 18.9. The van der Waals surface area contributed by atoms with Gasteiger partial charge >= 0.3 is 0 Å². The number of pyridine rings is 3. The fraction of sp³-hybridized carbons (Fsp3) is 0.0563. The highest BCUT2D eigenvalue weighted by Gasteiger charge is 2.97. The molecule has 5 aliphatic heterocycles. The Morgan fingerprint density at radius 1 is 0.311 bits per heavy atom. The van der Waals surface area contributed by atoms with Crippen molar-refractivity contribution in [2.24, 2.45) is 0 Å². The average molecular weight is 937 g/mol. The van der Waals surface area contributed by atoms with Crippen molar-refractivity contribution in [1.29, 1.82) is 0 Å². The van der Waals surface area contributed by atoms with Crippen molar-refractivity contribution >= 4 is 22.9 Å². The number of rotatable bonds is 2. The molecular formula is C71H42N3+3. The van der Waals surface area contributed by atoms with Crippen LogP contribution in [0.3, 0.4) is 0 Å². The van der Waals surface area contributed by atoms with Gasteiger partial charge in [-0.2, -0.15) is 13.7 Å². The molecule has 0 saturated heterocycles. The Labute approximate surface area is 428 Å². The molecule has 9 aliphatic rings. The molecule has 2 fully saturated rings. The second-order valence-corrected chi connectivity index (χ2v) is 21.7. The molecule has 0 amide bonds. The molecule has 0 N–H and O–H groups in total. The molecule has 4 atom stereocenters. The Hall–Kier alpha value is -9.31. The molecule has 0 radical (unpaired) electrons. The van der Waals surface area contributed by atoms with Crippen molar-refractivity contribution in [1.82, 2.24) is 0 Å². The summed E-state index contributed by atoms with van der Waals surface area (Å²) in [4.78, 5) is 0. The normalized spacial score (nSPS) is 25.7. The first-order valence-corrected chi connectivity index (χ1v) is 26.1. The molecule has 19 rings (SSSR count). The van der Waals surface area contributed by atoms with Crippen LogP contribution in [0, 0.1) is 0 Å². The van der Waals surface area contributed by atoms with Gasteiger partial charge in [-0.05, 0) is 115 Å². The fourth-order valence-electron chi connectivity index (χ4n) is 16.2. The molecular weight excluding hydrogens is 895 g/mol. The summed E-state index contributed by atoms with van der Waals surface area (Å²) in [6.45, 7) is 0. The highest BCUT2D eigenvalue weighted by molar-refractivity contribution is 6.12. The quantitative estimate of drug-likeness (QED) is 0.121. The van der Waals surface area contributed by atoms with E-state index in [-0.39, 0.29) is 0 Å². The predicted molar refractivity (Wildman–Crippen MR) is 292 cm³/mol. The van der Waals surface area contributed by atoms with Crippen molar-refractivity contribution in [2.45, 2.75) is 21.9 Å². The summed E-state index contributed by atoms with van der Waals surface area (Å²) in [5.74, 6) is 0. The van der Waals surface area contributed by atoms with Crippen LogP contribution in [0.25, 0.3) is 101 Å². The molecule has 8 heterocycles. The molecule has 4 spiro atoms. The molecule has 74 heavy (non-hydrogen) atoms. The van der Waals surface area contributed by atoms with Gasteiger partial charge in [-0.25, -0.2) is 0 Å². The number of hydrogen-bond acceptors (Lipinski definition) is 0. The molecule has 3 heteroatoms. The summed E-state index contributed by atoms with van der Waals surface area (Å²) < 4.78 is 7.95. The Morgan fingerprint density at radius 3 is 1.53 bits per heavy atom. The van der Waals surface area contributed by atoms with Gasteiger partial charge in [0.1, 0.15) is 10.8 Å². The molecule has 3 nitrogen and oxygen atoms in total. The topological polar surface area (TPSA) is 11.6 Å². The van der Waals surface area contributed by atoms with Gasteiger partial charge in [-0.3, -0.25) is 0 Å². The molecule has 4 aliphatic carbocycles. The van der Waals surface area contributed by atoms with Crippen LogP contribution >= 0.6 is 0 Å². The zero-order valence-corrected chi connectivity index (χ0v) is 40.1. The van der Waals surface area contributed by atoms with Crippen molar-refractivity contribution in [2.75, 3.05) is 0 Å². The lowest BCUT2D eigenvalue weighted by Gasteiger charge is -2.35. The first-order chi connectivity index (χ1) is 36.7. The van der Waals surface area contributed by atoms with Crippen LogP contribution in [0.2, 0.25) is 0 Å². The minimum absolute atomic E-state index is 0.565. The van der Waals surface area contributed by atoms with E-state index in [1.165, 1.54) is 134 Å². The summed E-state index contributed by atoms with van der Waals surface area (Å²) in [7, 11) is 0. The number of nitrogens with zero attached hydrogens (tertiary/aromatic N) is 3. The van der Waals surface area contributed by atoms with Gasteiger partial charge in [0, 0.05) is 63.2 Å². The second-order valence-electron chi connectivity index (χ2n) is 21.7. The van der Waals surface area contributed by atoms with Gasteiger partial charge < -0.3 is 0 Å². The number of allylic oxidation sites excluding steroid dienone is 9. The number of benzene rings is 7. The standard InChI is InChI=1S/C71H42N3/c1-3-17-43(18-4-1)56-36-65-55-28-14-16-30-60(55)71-62-38-69-67-66(71)68(71)37-57(50-23-9-10-24-51(50)58(56)42-74(65)68)47-35-61(52-25-11-7-21-48(52)45-31-33-63(72(39-45)40-47)44-19-5-2-6-20-44)70(67,69)59-29-15-13-27-54(59)64-34-32-46(41-73(64)69)49-22-8-12-26-53(49)62/h1-42H/q+3/b47-40+,57-37+,61-35-. The first kappa shape index (κ1) is 38.4. The molecule has 4 unspecified atom stereocenters. The van der Waals surface area contributed by atoms with E-state index in [1.807, 2.05) is 0 Å². The third kappa shape index (κ3) is 4.02. The SMILES string of the molecule is C1=C2c3ccccc3-c3ccc4[n+](c3)C13C1=C5C26c2ccccc2-c2cc(-c7ccccc7)c7c[n+]2C56\C=C(C2=C/[n+]5cc(ccc5-c5ccccc5)-c5ccccc5\C(=C\2)C13c1ccccc1-4)\c1ccccc1-7. The maximum atomic E-state index is 2.82. The van der Waals surface area contributed by atoms with Crippen LogP contribution in [-0.4, -0.2) is 0 Å². The van der Waals surface area contributed by atoms with Crippen LogP contribution in [0.1, 0.15) is 27.8 Å². The minimum atomic E-state index is -0.654. The highest BCUT2D eigenvalue weighted by Crippen LogP contribution is 2.89. The molecule has 338 valence electrons. The van der Waals surface area contributed by atoms with Crippen molar-refractivity contribution in [3.8, 4) is 78.3 Å². The van der Waals surface area contributed by atoms with Gasteiger partial charge in [0.2, 0.25) is 28.2 Å². The number of hydrogen-bond donors (Lipinski definition) is 0. The molecule has 7 aromatic carbocycles. The van der Waals surface area contributed by atoms with E-state index in [1.54, 1.807) is 0 Å². The highest BCUT2D eigenvalue weighted by atomic mass is 15.2. The largest absolute Gasteiger partial charge is 0.228 e. The zero-order valence-electron chi connectivity index (χ0n) is 40.1. The van der Waals surface area contributed by atoms with Crippen molar-refractivity contribution in [3.63, 3.8) is 0 Å². The van der Waals surface area contributed by atoms with E-state index in [0.717, 1.165) is 5.69 Å². The van der Waals surface area contributed by atoms with Crippen LogP contribution in [0.5, 0.6) is 0 Å². The van der Waals surface area contributed by atoms with Crippen LogP contribution in [-0.2, 0) is 21.9 Å². The third-order valence-corrected chi connectivity index (χ3v) is 18.9. The van der Waals surface area contributed by atoms with Crippen LogP contribution < -0.4 is 13.7 Å². The number of fused-ring (bicyclic) bond motifs is 19. The second kappa shape index (κ2) is 12.6. The van der Waals surface area contributed by atoms with Gasteiger partial charge in [-0.1, -0.05) is 158 Å². The average Bonchev–Trinajstić information content (AvgIpc) is 2.98. The monoisotopic (exact) mass is 936 g/mol. The van der Waals surface area contributed by atoms with Crippen molar-refractivity contribution < 1.29 is 13.7 Å². The Kier molecular flexibility index (Phi) is 6.56. The molecule has 12 bridgehead atoms. The Morgan fingerprint density at radius 2 is 0.824 bits per heavy atom. The van der Waals surface area contributed by atoms with Gasteiger partial charge in [0.05, 0.1) is 16.7 Å². The fourth-order valence-corrected chi connectivity index (χ4v) is 16.2. The smallest absolute Gasteiger partial charge is 0.183 e. The van der Waals surface area contributed by atoms with Crippen LogP contribution in [0.15, 0.2) is 266 Å². The van der Waals surface area contributed by atoms with E-state index in [2.05, 4.69) is 269 Å². The maximum Gasteiger partial charge on any atom is 0.228 e. The number of aromatic nitrogens is 3. The van der Waals surface area contributed by atoms with E-state index in [4.69, 9.17) is 0 Å². The summed E-state index contributed by atoms with van der Waals surface area (Å²) in [6.07, 6.45) is 18.2. The molecule has 10 aromatic rings. The lowest BCUT2D eigenvalue weighted by molar-refractivity contribution is -0.719. The Bertz CT molecular complexity index is 4550. The molecule has 2 saturated carbocycles. The maximum absolute atomic E-state index is 2.82. The summed E-state index contributed by atoms with van der Waals surface area (Å²) in [5, 5.41) is 0. The van der Waals surface area contributed by atoms with Gasteiger partial charge in [-0.15, -0.1) is 0 Å². The molecule has 3 aromatic heterocycles. The van der Waals surface area contributed by atoms with Gasteiger partial charge in [0.15, 0.2) is 24.8 Å². The van der Waals surface area contributed by atoms with E-state index in [0.29, 0.717) is 0 Å². The summed E-state index contributed by atoms with van der Waals surface area (Å²) >= 11 is 0. The van der Waals surface area contributed by atoms with E-state index < -0.39 is 21.9 Å². The Balaban J connectivity index is 1.09. The predicted octanol–water partition coefficient (Wildman–Crippen LogP) is 13.9. The minimum Gasteiger partial charge on any atom is -0.183 e. The van der Waals surface area contributed by atoms with E-state index >= 15 is 0 Å². The van der Waals surface area contributed by atoms with E-state index in [9.17, 15) is 0 Å².